The highest BCUT2D eigenvalue weighted by Crippen LogP contribution is 2.41. The van der Waals surface area contributed by atoms with E-state index in [-0.39, 0.29) is 30.9 Å². The summed E-state index contributed by atoms with van der Waals surface area (Å²) in [6.07, 6.45) is -2.32. The highest BCUT2D eigenvalue weighted by molar-refractivity contribution is 5.76. The van der Waals surface area contributed by atoms with Gasteiger partial charge in [0.05, 0.1) is 25.4 Å². The Morgan fingerprint density at radius 2 is 1.85 bits per heavy atom. The van der Waals surface area contributed by atoms with Crippen molar-refractivity contribution in [3.63, 3.8) is 0 Å². The zero-order chi connectivity index (χ0) is 24.2. The number of rotatable bonds is 8. The molecule has 1 aromatic rings. The molecule has 1 saturated carbocycles. The Kier molecular flexibility index (Phi) is 8.04. The normalized spacial score (nSPS) is 23.4. The summed E-state index contributed by atoms with van der Waals surface area (Å²) in [6, 6.07) is 1.15. The van der Waals surface area contributed by atoms with Crippen LogP contribution in [0.15, 0.2) is 12.1 Å². The Labute approximate surface area is 188 Å². The molecule has 1 N–H and O–H groups in total. The molecular formula is C22H27F4NO6. The molecule has 2 fully saturated rings. The second-order valence-corrected chi connectivity index (χ2v) is 8.22. The summed E-state index contributed by atoms with van der Waals surface area (Å²) in [6.45, 7) is 1.76. The molecule has 1 aliphatic carbocycles. The predicted molar refractivity (Wildman–Crippen MR) is 107 cm³/mol. The van der Waals surface area contributed by atoms with E-state index in [1.807, 2.05) is 0 Å². The van der Waals surface area contributed by atoms with E-state index in [1.165, 1.54) is 11.8 Å². The monoisotopic (exact) mass is 477 g/mol. The lowest BCUT2D eigenvalue weighted by atomic mass is 9.82. The molecule has 1 aliphatic heterocycles. The first kappa shape index (κ1) is 25.1. The van der Waals surface area contributed by atoms with E-state index in [0.29, 0.717) is 38.3 Å². The minimum Gasteiger partial charge on any atom is -0.465 e. The number of nitrogens with zero attached hydrogens (tertiary/aromatic N) is 1. The Balaban J connectivity index is 1.65. The van der Waals surface area contributed by atoms with Crippen LogP contribution in [-0.2, 0) is 14.3 Å². The van der Waals surface area contributed by atoms with Crippen molar-refractivity contribution in [2.45, 2.75) is 69.6 Å². The number of likely N-dealkylation sites (tertiary alicyclic amines) is 1. The average molecular weight is 477 g/mol. The van der Waals surface area contributed by atoms with E-state index in [2.05, 4.69) is 9.47 Å². The third kappa shape index (κ3) is 6.07. The van der Waals surface area contributed by atoms with E-state index < -0.39 is 41.5 Å². The number of hydrogen-bond donors (Lipinski definition) is 1. The van der Waals surface area contributed by atoms with Gasteiger partial charge in [0.1, 0.15) is 5.82 Å². The van der Waals surface area contributed by atoms with Crippen molar-refractivity contribution >= 4 is 12.1 Å². The SMILES string of the molecule is CCOC(=O)C(F)(F)Oc1c(F)cc(F)cc1C1CCC(OCC2CCCN2C(=O)O)CC1. The van der Waals surface area contributed by atoms with Gasteiger partial charge in [-0.1, -0.05) is 0 Å². The van der Waals surface area contributed by atoms with Gasteiger partial charge in [-0.2, -0.15) is 8.78 Å². The van der Waals surface area contributed by atoms with Crippen LogP contribution in [0.25, 0.3) is 0 Å². The fourth-order valence-electron chi connectivity index (χ4n) is 4.42. The highest BCUT2D eigenvalue weighted by atomic mass is 19.3. The molecule has 11 heteroatoms. The molecule has 1 unspecified atom stereocenters. The van der Waals surface area contributed by atoms with Crippen LogP contribution < -0.4 is 4.74 Å². The van der Waals surface area contributed by atoms with E-state index in [0.717, 1.165) is 18.9 Å². The van der Waals surface area contributed by atoms with Crippen LogP contribution in [0.1, 0.15) is 56.9 Å². The van der Waals surface area contributed by atoms with Gasteiger partial charge < -0.3 is 24.2 Å². The van der Waals surface area contributed by atoms with Crippen LogP contribution in [0.2, 0.25) is 0 Å². The first-order chi connectivity index (χ1) is 15.6. The van der Waals surface area contributed by atoms with Crippen molar-refractivity contribution in [1.82, 2.24) is 4.90 Å². The zero-order valence-electron chi connectivity index (χ0n) is 18.2. The molecule has 1 saturated heterocycles. The molecule has 3 rings (SSSR count). The first-order valence-corrected chi connectivity index (χ1v) is 11.0. The molecule has 2 aliphatic rings. The van der Waals surface area contributed by atoms with Gasteiger partial charge in [0.25, 0.3) is 0 Å². The van der Waals surface area contributed by atoms with Crippen LogP contribution in [0.4, 0.5) is 22.4 Å². The number of halogens is 4. The molecule has 7 nitrogen and oxygen atoms in total. The standard InChI is InChI=1S/C22H27F4NO6/c1-2-31-20(28)22(25,26)33-19-17(10-14(23)11-18(19)24)13-5-7-16(8-6-13)32-12-15-4-3-9-27(15)21(29)30/h10-11,13,15-16H,2-9,12H2,1H3,(H,29,30). The number of alkyl halides is 2. The summed E-state index contributed by atoms with van der Waals surface area (Å²) in [7, 11) is 0. The van der Waals surface area contributed by atoms with Crippen molar-refractivity contribution in [1.29, 1.82) is 0 Å². The molecule has 0 radical (unpaired) electrons. The quantitative estimate of drug-likeness (QED) is 0.432. The number of hydrogen-bond acceptors (Lipinski definition) is 5. The molecule has 184 valence electrons. The first-order valence-electron chi connectivity index (χ1n) is 11.0. The molecule has 1 amide bonds. The van der Waals surface area contributed by atoms with Gasteiger partial charge >= 0.3 is 18.2 Å². The molecule has 1 atom stereocenters. The van der Waals surface area contributed by atoms with Crippen LogP contribution in [0.3, 0.4) is 0 Å². The van der Waals surface area contributed by atoms with E-state index in [4.69, 9.17) is 4.74 Å². The fraction of sp³-hybridized carbons (Fsp3) is 0.636. The summed E-state index contributed by atoms with van der Waals surface area (Å²) in [5, 5.41) is 9.21. The van der Waals surface area contributed by atoms with Gasteiger partial charge in [0, 0.05) is 18.2 Å². The maximum absolute atomic E-state index is 14.4. The average Bonchev–Trinajstić information content (AvgIpc) is 3.23. The summed E-state index contributed by atoms with van der Waals surface area (Å²) in [5.41, 5.74) is -0.0808. The number of ether oxygens (including phenoxy) is 3. The number of carbonyl (C=O) groups is 2. The third-order valence-corrected chi connectivity index (χ3v) is 6.04. The molecule has 33 heavy (non-hydrogen) atoms. The number of benzene rings is 1. The largest absolute Gasteiger partial charge is 0.502 e. The second-order valence-electron chi connectivity index (χ2n) is 8.22. The Morgan fingerprint density at radius 1 is 1.15 bits per heavy atom. The number of carboxylic acid groups (broad SMARTS) is 1. The fourth-order valence-corrected chi connectivity index (χ4v) is 4.42. The smallest absolute Gasteiger partial charge is 0.465 e. The molecular weight excluding hydrogens is 450 g/mol. The van der Waals surface area contributed by atoms with Gasteiger partial charge in [-0.3, -0.25) is 0 Å². The van der Waals surface area contributed by atoms with Crippen LogP contribution in [-0.4, -0.2) is 60.1 Å². The van der Waals surface area contributed by atoms with Gasteiger partial charge in [-0.25, -0.2) is 18.4 Å². The highest BCUT2D eigenvalue weighted by Gasteiger charge is 2.46. The number of carbonyl (C=O) groups excluding carboxylic acids is 1. The Morgan fingerprint density at radius 3 is 2.48 bits per heavy atom. The number of amides is 1. The van der Waals surface area contributed by atoms with Gasteiger partial charge in [0.15, 0.2) is 11.6 Å². The van der Waals surface area contributed by atoms with Crippen molar-refractivity contribution in [2.75, 3.05) is 19.8 Å². The van der Waals surface area contributed by atoms with Gasteiger partial charge in [-0.05, 0) is 57.4 Å². The second kappa shape index (κ2) is 10.6. The Bertz CT molecular complexity index is 860. The molecule has 0 aromatic heterocycles. The lowest BCUT2D eigenvalue weighted by molar-refractivity contribution is -0.217. The maximum atomic E-state index is 14.4. The van der Waals surface area contributed by atoms with Crippen LogP contribution >= 0.6 is 0 Å². The number of esters is 1. The van der Waals surface area contributed by atoms with Gasteiger partial charge in [-0.15, -0.1) is 0 Å². The van der Waals surface area contributed by atoms with Crippen LogP contribution in [0, 0.1) is 11.6 Å². The minimum atomic E-state index is -4.43. The summed E-state index contributed by atoms with van der Waals surface area (Å²) in [4.78, 5) is 24.1. The van der Waals surface area contributed by atoms with Crippen LogP contribution in [0.5, 0.6) is 5.75 Å². The van der Waals surface area contributed by atoms with Crippen molar-refractivity contribution in [2.24, 2.45) is 0 Å². The van der Waals surface area contributed by atoms with Crippen molar-refractivity contribution in [3.8, 4) is 5.75 Å². The minimum absolute atomic E-state index is 0.0808. The molecule has 0 spiro atoms. The zero-order valence-corrected chi connectivity index (χ0v) is 18.2. The van der Waals surface area contributed by atoms with E-state index >= 15 is 0 Å². The molecule has 1 heterocycles. The summed E-state index contributed by atoms with van der Waals surface area (Å²) < 4.78 is 71.0. The third-order valence-electron chi connectivity index (χ3n) is 6.04. The molecule has 0 bridgehead atoms. The summed E-state index contributed by atoms with van der Waals surface area (Å²) in [5.74, 6) is -5.59. The lowest BCUT2D eigenvalue weighted by Gasteiger charge is -2.31. The lowest BCUT2D eigenvalue weighted by Crippen LogP contribution is -2.38. The van der Waals surface area contributed by atoms with Crippen molar-refractivity contribution < 1.29 is 46.5 Å². The molecule has 1 aromatic carbocycles. The van der Waals surface area contributed by atoms with Gasteiger partial charge in [0.2, 0.25) is 0 Å². The summed E-state index contributed by atoms with van der Waals surface area (Å²) >= 11 is 0. The maximum Gasteiger partial charge on any atom is 0.502 e. The van der Waals surface area contributed by atoms with E-state index in [9.17, 15) is 32.3 Å². The Hall–Kier alpha value is -2.56. The topological polar surface area (TPSA) is 85.3 Å². The van der Waals surface area contributed by atoms with Crippen molar-refractivity contribution in [3.05, 3.63) is 29.3 Å². The predicted octanol–water partition coefficient (Wildman–Crippen LogP) is 4.68. The van der Waals surface area contributed by atoms with E-state index in [1.54, 1.807) is 0 Å².